The minimum atomic E-state index is -0.307. The first-order chi connectivity index (χ1) is 10.3. The minimum absolute atomic E-state index is 0.0661. The summed E-state index contributed by atoms with van der Waals surface area (Å²) in [6.45, 7) is 0. The number of hydrogen-bond acceptors (Lipinski definition) is 2. The van der Waals surface area contributed by atoms with Crippen LogP contribution in [0, 0.1) is 5.82 Å². The van der Waals surface area contributed by atoms with E-state index < -0.39 is 0 Å². The summed E-state index contributed by atoms with van der Waals surface area (Å²) < 4.78 is 13.0. The van der Waals surface area contributed by atoms with Crippen molar-refractivity contribution in [2.24, 2.45) is 0 Å². The Bertz CT molecular complexity index is 732. The van der Waals surface area contributed by atoms with Crippen molar-refractivity contribution >= 4 is 10.8 Å². The van der Waals surface area contributed by atoms with Gasteiger partial charge in [0.2, 0.25) is 0 Å². The van der Waals surface area contributed by atoms with Crippen LogP contribution in [0.25, 0.3) is 10.8 Å². The Morgan fingerprint density at radius 1 is 1.05 bits per heavy atom. The number of nitrogens with zero attached hydrogens (tertiary/aromatic N) is 1. The smallest absolute Gasteiger partial charge is 0.141 e. The van der Waals surface area contributed by atoms with E-state index in [4.69, 9.17) is 0 Å². The maximum absolute atomic E-state index is 13.0. The molecule has 1 N–H and O–H groups in total. The highest BCUT2D eigenvalue weighted by Crippen LogP contribution is 2.23. The summed E-state index contributed by atoms with van der Waals surface area (Å²) in [6, 6.07) is 17.9. The van der Waals surface area contributed by atoms with E-state index in [2.05, 4.69) is 46.7 Å². The molecule has 0 spiro atoms. The lowest BCUT2D eigenvalue weighted by Gasteiger charge is -2.17. The number of benzene rings is 2. The van der Waals surface area contributed by atoms with Crippen molar-refractivity contribution in [2.75, 3.05) is 7.05 Å². The Morgan fingerprint density at radius 3 is 2.62 bits per heavy atom. The van der Waals surface area contributed by atoms with Crippen LogP contribution in [0.1, 0.15) is 17.3 Å². The second-order valence-electron chi connectivity index (χ2n) is 5.08. The monoisotopic (exact) mass is 280 g/mol. The fourth-order valence-electron chi connectivity index (χ4n) is 2.64. The molecule has 0 saturated heterocycles. The van der Waals surface area contributed by atoms with E-state index in [1.807, 2.05) is 13.1 Å². The van der Waals surface area contributed by atoms with E-state index in [0.29, 0.717) is 0 Å². The highest BCUT2D eigenvalue weighted by Gasteiger charge is 2.13. The summed E-state index contributed by atoms with van der Waals surface area (Å²) in [5.41, 5.74) is 2.12. The fraction of sp³-hybridized carbons (Fsp3) is 0.167. The van der Waals surface area contributed by atoms with Crippen LogP contribution in [0.5, 0.6) is 0 Å². The summed E-state index contributed by atoms with van der Waals surface area (Å²) >= 11 is 0. The predicted octanol–water partition coefficient (Wildman–Crippen LogP) is 3.88. The maximum Gasteiger partial charge on any atom is 0.141 e. The van der Waals surface area contributed by atoms with Crippen molar-refractivity contribution in [3.8, 4) is 0 Å². The molecule has 0 aliphatic heterocycles. The van der Waals surface area contributed by atoms with Crippen LogP contribution >= 0.6 is 0 Å². The molecule has 1 unspecified atom stereocenters. The minimum Gasteiger partial charge on any atom is -0.311 e. The largest absolute Gasteiger partial charge is 0.311 e. The fourth-order valence-corrected chi connectivity index (χ4v) is 2.64. The van der Waals surface area contributed by atoms with Gasteiger partial charge in [-0.25, -0.2) is 4.39 Å². The molecule has 0 fully saturated rings. The standard InChI is InChI=1S/C18H17FN2/c1-20-18(17-10-9-15(19)12-21-17)11-14-7-4-6-13-5-2-3-8-16(13)14/h2-10,12,18,20H,11H2,1H3. The lowest BCUT2D eigenvalue weighted by atomic mass is 9.97. The Kier molecular flexibility index (Phi) is 3.93. The molecule has 2 nitrogen and oxygen atoms in total. The van der Waals surface area contributed by atoms with Crippen LogP contribution in [0.15, 0.2) is 60.8 Å². The van der Waals surface area contributed by atoms with Gasteiger partial charge in [-0.05, 0) is 41.9 Å². The zero-order chi connectivity index (χ0) is 14.7. The SMILES string of the molecule is CNC(Cc1cccc2ccccc12)c1ccc(F)cn1. The highest BCUT2D eigenvalue weighted by molar-refractivity contribution is 5.85. The first-order valence-corrected chi connectivity index (χ1v) is 7.03. The molecule has 21 heavy (non-hydrogen) atoms. The van der Waals surface area contributed by atoms with Gasteiger partial charge in [-0.2, -0.15) is 0 Å². The number of fused-ring (bicyclic) bond motifs is 1. The molecule has 3 aromatic rings. The van der Waals surface area contributed by atoms with Gasteiger partial charge in [0.1, 0.15) is 5.82 Å². The molecule has 0 amide bonds. The Labute approximate surface area is 123 Å². The summed E-state index contributed by atoms with van der Waals surface area (Å²) in [5, 5.41) is 5.75. The molecule has 1 aromatic heterocycles. The van der Waals surface area contributed by atoms with Gasteiger partial charge in [0.25, 0.3) is 0 Å². The third-order valence-corrected chi connectivity index (χ3v) is 3.76. The molecule has 1 heterocycles. The molecule has 3 rings (SSSR count). The Balaban J connectivity index is 1.94. The van der Waals surface area contributed by atoms with Crippen molar-refractivity contribution in [3.05, 3.63) is 77.9 Å². The molecule has 2 aromatic carbocycles. The van der Waals surface area contributed by atoms with E-state index in [1.165, 1.54) is 28.6 Å². The average Bonchev–Trinajstić information content (AvgIpc) is 2.54. The molecule has 0 bridgehead atoms. The van der Waals surface area contributed by atoms with Crippen LogP contribution in [-0.2, 0) is 6.42 Å². The van der Waals surface area contributed by atoms with Crippen molar-refractivity contribution < 1.29 is 4.39 Å². The van der Waals surface area contributed by atoms with Crippen molar-refractivity contribution in [1.82, 2.24) is 10.3 Å². The topological polar surface area (TPSA) is 24.9 Å². The zero-order valence-electron chi connectivity index (χ0n) is 11.9. The van der Waals surface area contributed by atoms with E-state index >= 15 is 0 Å². The third-order valence-electron chi connectivity index (χ3n) is 3.76. The van der Waals surface area contributed by atoms with Gasteiger partial charge >= 0.3 is 0 Å². The van der Waals surface area contributed by atoms with Gasteiger partial charge in [-0.3, -0.25) is 4.98 Å². The Morgan fingerprint density at radius 2 is 1.86 bits per heavy atom. The van der Waals surface area contributed by atoms with Gasteiger partial charge < -0.3 is 5.32 Å². The van der Waals surface area contributed by atoms with Crippen molar-refractivity contribution in [1.29, 1.82) is 0 Å². The molecule has 0 radical (unpaired) electrons. The van der Waals surface area contributed by atoms with E-state index in [9.17, 15) is 4.39 Å². The lowest BCUT2D eigenvalue weighted by molar-refractivity contribution is 0.567. The van der Waals surface area contributed by atoms with E-state index in [0.717, 1.165) is 12.1 Å². The number of pyridine rings is 1. The highest BCUT2D eigenvalue weighted by atomic mass is 19.1. The van der Waals surface area contributed by atoms with E-state index in [1.54, 1.807) is 6.07 Å². The second-order valence-corrected chi connectivity index (χ2v) is 5.08. The predicted molar refractivity (Wildman–Crippen MR) is 83.6 cm³/mol. The molecular formula is C18H17FN2. The number of aromatic nitrogens is 1. The number of likely N-dealkylation sites (N-methyl/N-ethyl adjacent to an activating group) is 1. The second kappa shape index (κ2) is 6.02. The van der Waals surface area contributed by atoms with Crippen LogP contribution in [-0.4, -0.2) is 12.0 Å². The first-order valence-electron chi connectivity index (χ1n) is 7.03. The number of nitrogens with one attached hydrogen (secondary N) is 1. The maximum atomic E-state index is 13.0. The summed E-state index contributed by atoms with van der Waals surface area (Å²) in [5.74, 6) is -0.307. The quantitative estimate of drug-likeness (QED) is 0.784. The van der Waals surface area contributed by atoms with Gasteiger partial charge in [0.15, 0.2) is 0 Å². The summed E-state index contributed by atoms with van der Waals surface area (Å²) in [6.07, 6.45) is 2.08. The van der Waals surface area contributed by atoms with Crippen LogP contribution < -0.4 is 5.32 Å². The average molecular weight is 280 g/mol. The van der Waals surface area contributed by atoms with Crippen LogP contribution in [0.2, 0.25) is 0 Å². The molecule has 3 heteroatoms. The van der Waals surface area contributed by atoms with Crippen molar-refractivity contribution in [3.63, 3.8) is 0 Å². The molecule has 0 aliphatic carbocycles. The van der Waals surface area contributed by atoms with Gasteiger partial charge in [-0.1, -0.05) is 42.5 Å². The summed E-state index contributed by atoms with van der Waals surface area (Å²) in [7, 11) is 1.90. The van der Waals surface area contributed by atoms with Gasteiger partial charge in [-0.15, -0.1) is 0 Å². The number of rotatable bonds is 4. The summed E-state index contributed by atoms with van der Waals surface area (Å²) in [4.78, 5) is 4.19. The molecular weight excluding hydrogens is 263 g/mol. The lowest BCUT2D eigenvalue weighted by Crippen LogP contribution is -2.20. The molecule has 0 saturated carbocycles. The van der Waals surface area contributed by atoms with E-state index in [-0.39, 0.29) is 11.9 Å². The van der Waals surface area contributed by atoms with Crippen molar-refractivity contribution in [2.45, 2.75) is 12.5 Å². The van der Waals surface area contributed by atoms with Crippen LogP contribution in [0.3, 0.4) is 0 Å². The zero-order valence-corrected chi connectivity index (χ0v) is 11.9. The van der Waals surface area contributed by atoms with Crippen LogP contribution in [0.4, 0.5) is 4.39 Å². The molecule has 106 valence electrons. The number of hydrogen-bond donors (Lipinski definition) is 1. The van der Waals surface area contributed by atoms with Gasteiger partial charge in [0, 0.05) is 0 Å². The third kappa shape index (κ3) is 2.93. The number of halogens is 1. The molecule has 1 atom stereocenters. The van der Waals surface area contributed by atoms with Gasteiger partial charge in [0.05, 0.1) is 17.9 Å². The normalized spacial score (nSPS) is 12.5. The first kappa shape index (κ1) is 13.7. The molecule has 0 aliphatic rings. The Hall–Kier alpha value is -2.26.